The van der Waals surface area contributed by atoms with Gasteiger partial charge in [0.15, 0.2) is 0 Å². The first-order valence-corrected chi connectivity index (χ1v) is 3.09. The Bertz CT molecular complexity index is 104. The summed E-state index contributed by atoms with van der Waals surface area (Å²) in [5, 5.41) is 33.3. The largest absolute Gasteiger partial charge is 1.00 e. The van der Waals surface area contributed by atoms with Crippen LogP contribution in [0.3, 0.4) is 0 Å². The molecule has 0 aliphatic rings. The molecule has 0 amide bonds. The van der Waals surface area contributed by atoms with Crippen LogP contribution in [0.25, 0.3) is 0 Å². The fraction of sp³-hybridized carbons (Fsp3) is 0.833. The van der Waals surface area contributed by atoms with Crippen molar-refractivity contribution in [2.24, 2.45) is 0 Å². The summed E-state index contributed by atoms with van der Waals surface area (Å²) >= 11 is 0. The van der Waals surface area contributed by atoms with Gasteiger partial charge in [-0.05, 0) is 13.8 Å². The molecule has 3 N–H and O–H groups in total. The SMILES string of the molecule is CC(O)C(=O)[O-].CC(O)CO.[Na+]. The van der Waals surface area contributed by atoms with Crippen molar-refractivity contribution in [3.63, 3.8) is 0 Å². The second-order valence-electron chi connectivity index (χ2n) is 2.03. The first-order valence-electron chi connectivity index (χ1n) is 3.09. The summed E-state index contributed by atoms with van der Waals surface area (Å²) < 4.78 is 0. The monoisotopic (exact) mass is 188 g/mol. The van der Waals surface area contributed by atoms with E-state index in [9.17, 15) is 9.90 Å². The van der Waals surface area contributed by atoms with Gasteiger partial charge in [0.1, 0.15) is 0 Å². The Labute approximate surface area is 93.3 Å². The number of aliphatic hydroxyl groups excluding tert-OH is 3. The van der Waals surface area contributed by atoms with Crippen LogP contribution in [0.1, 0.15) is 13.8 Å². The quantitative estimate of drug-likeness (QED) is 0.375. The Balaban J connectivity index is -0.000000126. The fourth-order valence-corrected chi connectivity index (χ4v) is 0. The molecular weight excluding hydrogens is 175 g/mol. The van der Waals surface area contributed by atoms with Crippen molar-refractivity contribution < 1.29 is 54.8 Å². The Morgan fingerprint density at radius 2 is 1.58 bits per heavy atom. The summed E-state index contributed by atoms with van der Waals surface area (Å²) in [7, 11) is 0. The second-order valence-corrected chi connectivity index (χ2v) is 2.03. The van der Waals surface area contributed by atoms with Crippen molar-refractivity contribution in [3.8, 4) is 0 Å². The van der Waals surface area contributed by atoms with E-state index in [-0.39, 0.29) is 36.2 Å². The molecule has 0 saturated carbocycles. The van der Waals surface area contributed by atoms with Gasteiger partial charge < -0.3 is 25.2 Å². The van der Waals surface area contributed by atoms with Crippen LogP contribution in [-0.2, 0) is 4.79 Å². The van der Waals surface area contributed by atoms with E-state index in [0.29, 0.717) is 0 Å². The molecule has 0 rings (SSSR count). The van der Waals surface area contributed by atoms with Crippen LogP contribution in [-0.4, -0.2) is 40.1 Å². The number of carboxylic acids is 1. The zero-order valence-electron chi connectivity index (χ0n) is 7.52. The summed E-state index contributed by atoms with van der Waals surface area (Å²) in [6.07, 6.45) is -1.90. The van der Waals surface area contributed by atoms with Gasteiger partial charge in [-0.3, -0.25) is 0 Å². The number of hydrogen-bond acceptors (Lipinski definition) is 5. The van der Waals surface area contributed by atoms with Crippen LogP contribution < -0.4 is 34.7 Å². The molecule has 0 fully saturated rings. The van der Waals surface area contributed by atoms with Gasteiger partial charge in [-0.2, -0.15) is 0 Å². The van der Waals surface area contributed by atoms with Gasteiger partial charge in [-0.15, -0.1) is 0 Å². The third-order valence-electron chi connectivity index (χ3n) is 0.605. The van der Waals surface area contributed by atoms with E-state index in [2.05, 4.69) is 0 Å². The molecule has 0 aliphatic heterocycles. The van der Waals surface area contributed by atoms with Gasteiger partial charge in [0.25, 0.3) is 0 Å². The summed E-state index contributed by atoms with van der Waals surface area (Å²) in [6.45, 7) is 2.52. The number of carbonyl (C=O) groups is 1. The summed E-state index contributed by atoms with van der Waals surface area (Å²) in [5.41, 5.74) is 0. The number of rotatable bonds is 2. The van der Waals surface area contributed by atoms with E-state index in [1.807, 2.05) is 0 Å². The molecule has 0 aromatic heterocycles. The Morgan fingerprint density at radius 3 is 1.58 bits per heavy atom. The van der Waals surface area contributed by atoms with Crippen LogP contribution in [0.5, 0.6) is 0 Å². The van der Waals surface area contributed by atoms with Crippen molar-refractivity contribution in [2.45, 2.75) is 26.1 Å². The fourth-order valence-electron chi connectivity index (χ4n) is 0. The first-order chi connectivity index (χ1) is 4.91. The maximum Gasteiger partial charge on any atom is 1.00 e. The van der Waals surface area contributed by atoms with Crippen LogP contribution in [0.4, 0.5) is 0 Å². The maximum atomic E-state index is 9.34. The van der Waals surface area contributed by atoms with Gasteiger partial charge in [0.2, 0.25) is 0 Å². The standard InChI is InChI=1S/C3H6O3.C3H8O2.Na/c1-2(4)3(5)6;1-3(5)2-4;/h2,4H,1H3,(H,5,6);3-5H,2H2,1H3;/q;;+1/p-1. The smallest absolute Gasteiger partial charge is 0.547 e. The molecule has 0 aromatic rings. The van der Waals surface area contributed by atoms with Gasteiger partial charge in [0, 0.05) is 0 Å². The topological polar surface area (TPSA) is 101 Å². The molecule has 0 spiro atoms. The zero-order chi connectivity index (χ0) is 9.44. The number of hydrogen-bond donors (Lipinski definition) is 3. The molecule has 0 aliphatic carbocycles. The van der Waals surface area contributed by atoms with Crippen molar-refractivity contribution in [2.75, 3.05) is 6.61 Å². The molecule has 0 aromatic carbocycles. The van der Waals surface area contributed by atoms with Crippen molar-refractivity contribution >= 4 is 5.97 Å². The maximum absolute atomic E-state index is 9.34. The number of carbonyl (C=O) groups excluding carboxylic acids is 1. The minimum absolute atomic E-state index is 0. The Kier molecular flexibility index (Phi) is 17.2. The van der Waals surface area contributed by atoms with Gasteiger partial charge >= 0.3 is 29.6 Å². The van der Waals surface area contributed by atoms with Gasteiger partial charge in [0.05, 0.1) is 24.8 Å². The van der Waals surface area contributed by atoms with E-state index in [1.54, 1.807) is 0 Å². The van der Waals surface area contributed by atoms with E-state index < -0.39 is 18.2 Å². The summed E-state index contributed by atoms with van der Waals surface area (Å²) in [5.74, 6) is -1.44. The number of aliphatic carboxylic acids is 1. The van der Waals surface area contributed by atoms with Crippen LogP contribution in [0.15, 0.2) is 0 Å². The predicted molar refractivity (Wildman–Crippen MR) is 35.5 cm³/mol. The molecule has 0 saturated heterocycles. The Morgan fingerprint density at radius 1 is 1.42 bits per heavy atom. The third kappa shape index (κ3) is 22.4. The Hall–Kier alpha value is 0.350. The molecule has 68 valence electrons. The van der Waals surface area contributed by atoms with E-state index in [1.165, 1.54) is 6.92 Å². The van der Waals surface area contributed by atoms with E-state index in [0.717, 1.165) is 6.92 Å². The zero-order valence-corrected chi connectivity index (χ0v) is 9.52. The third-order valence-corrected chi connectivity index (χ3v) is 0.605. The predicted octanol–water partition coefficient (Wildman–Crippen LogP) is -5.52. The number of carboxylic acid groups (broad SMARTS) is 1. The van der Waals surface area contributed by atoms with E-state index in [4.69, 9.17) is 15.3 Å². The average Bonchev–Trinajstić information content (AvgIpc) is 1.89. The van der Waals surface area contributed by atoms with Crippen molar-refractivity contribution in [1.82, 2.24) is 0 Å². The molecule has 0 radical (unpaired) electrons. The average molecular weight is 188 g/mol. The van der Waals surface area contributed by atoms with Crippen LogP contribution in [0, 0.1) is 0 Å². The van der Waals surface area contributed by atoms with Gasteiger partial charge in [-0.25, -0.2) is 0 Å². The van der Waals surface area contributed by atoms with Crippen molar-refractivity contribution in [1.29, 1.82) is 0 Å². The molecule has 5 nitrogen and oxygen atoms in total. The first kappa shape index (κ1) is 18.2. The minimum atomic E-state index is -1.44. The molecule has 2 unspecified atom stereocenters. The molecule has 0 bridgehead atoms. The van der Waals surface area contributed by atoms with Crippen LogP contribution in [0.2, 0.25) is 0 Å². The normalized spacial score (nSPS) is 13.1. The van der Waals surface area contributed by atoms with E-state index >= 15 is 0 Å². The number of aliphatic hydroxyl groups is 3. The molecule has 2 atom stereocenters. The molecule has 6 heteroatoms. The molecule has 12 heavy (non-hydrogen) atoms. The summed E-state index contributed by atoms with van der Waals surface area (Å²) in [6, 6.07) is 0. The molecular formula is C6H13NaO5. The summed E-state index contributed by atoms with van der Waals surface area (Å²) in [4.78, 5) is 9.34. The second kappa shape index (κ2) is 11.4. The van der Waals surface area contributed by atoms with Crippen molar-refractivity contribution in [3.05, 3.63) is 0 Å². The van der Waals surface area contributed by atoms with Crippen LogP contribution >= 0.6 is 0 Å². The molecule has 0 heterocycles. The van der Waals surface area contributed by atoms with Gasteiger partial charge in [-0.1, -0.05) is 0 Å². The minimum Gasteiger partial charge on any atom is -0.547 e.